The van der Waals surface area contributed by atoms with Crippen LogP contribution < -0.4 is 10.5 Å². The first-order valence-electron chi connectivity index (χ1n) is 6.90. The van der Waals surface area contributed by atoms with Gasteiger partial charge >= 0.3 is 5.97 Å². The number of anilines is 1. The predicted octanol–water partition coefficient (Wildman–Crippen LogP) is 1.80. The summed E-state index contributed by atoms with van der Waals surface area (Å²) in [7, 11) is 1.74. The van der Waals surface area contributed by atoms with Gasteiger partial charge in [0.2, 0.25) is 0 Å². The number of ether oxygens (including phenoxy) is 1. The molecular weight excluding hydrogens is 282 g/mol. The minimum absolute atomic E-state index is 0.364. The molecule has 1 aromatic carbocycles. The predicted molar refractivity (Wildman–Crippen MR) is 83.6 cm³/mol. The molecule has 0 amide bonds. The molecule has 1 unspecified atom stereocenters. The number of nitrogens with zero attached hydrogens (tertiary/aromatic N) is 2. The van der Waals surface area contributed by atoms with Gasteiger partial charge in [-0.05, 0) is 30.8 Å². The fourth-order valence-corrected chi connectivity index (χ4v) is 2.12. The summed E-state index contributed by atoms with van der Waals surface area (Å²) < 4.78 is 5.59. The van der Waals surface area contributed by atoms with E-state index in [0.29, 0.717) is 24.5 Å². The number of hydrogen-bond donors (Lipinski definition) is 2. The lowest BCUT2D eigenvalue weighted by molar-refractivity contribution is -0.143. The number of para-hydroxylation sites is 1. The van der Waals surface area contributed by atoms with Crippen LogP contribution in [0.5, 0.6) is 5.75 Å². The molecule has 0 saturated carbocycles. The average molecular weight is 301 g/mol. The van der Waals surface area contributed by atoms with E-state index in [2.05, 4.69) is 4.98 Å². The summed E-state index contributed by atoms with van der Waals surface area (Å²) in [5, 5.41) is 9.44. The molecule has 0 bridgehead atoms. The van der Waals surface area contributed by atoms with Crippen molar-refractivity contribution in [3.63, 3.8) is 0 Å². The van der Waals surface area contributed by atoms with Crippen LogP contribution in [0.3, 0.4) is 0 Å². The molecule has 0 fully saturated rings. The second-order valence-corrected chi connectivity index (χ2v) is 4.90. The Bertz CT molecular complexity index is 602. The summed E-state index contributed by atoms with van der Waals surface area (Å²) >= 11 is 0. The van der Waals surface area contributed by atoms with Crippen molar-refractivity contribution < 1.29 is 14.6 Å². The highest BCUT2D eigenvalue weighted by atomic mass is 16.5. The van der Waals surface area contributed by atoms with E-state index < -0.39 is 12.0 Å². The summed E-state index contributed by atoms with van der Waals surface area (Å²) in [6.07, 6.45) is 1.49. The van der Waals surface area contributed by atoms with Crippen molar-refractivity contribution in [2.75, 3.05) is 25.9 Å². The van der Waals surface area contributed by atoms with E-state index in [9.17, 15) is 9.90 Å². The van der Waals surface area contributed by atoms with Gasteiger partial charge in [-0.1, -0.05) is 24.3 Å². The molecule has 1 heterocycles. The molecule has 0 spiro atoms. The van der Waals surface area contributed by atoms with Gasteiger partial charge in [-0.25, -0.2) is 4.98 Å². The lowest BCUT2D eigenvalue weighted by Crippen LogP contribution is -2.34. The Hall–Kier alpha value is -2.60. The van der Waals surface area contributed by atoms with E-state index in [1.807, 2.05) is 30.3 Å². The summed E-state index contributed by atoms with van der Waals surface area (Å²) in [6, 6.07) is 11.9. The molecule has 3 N–H and O–H groups in total. The largest absolute Gasteiger partial charge is 0.492 e. The number of hydrogen-bond acceptors (Lipinski definition) is 5. The highest BCUT2D eigenvalue weighted by Gasteiger charge is 2.24. The van der Waals surface area contributed by atoms with Gasteiger partial charge in [0.15, 0.2) is 0 Å². The Balaban J connectivity index is 1.96. The molecule has 2 rings (SSSR count). The van der Waals surface area contributed by atoms with Crippen LogP contribution in [0.25, 0.3) is 0 Å². The Morgan fingerprint density at radius 2 is 2.05 bits per heavy atom. The van der Waals surface area contributed by atoms with E-state index in [4.69, 9.17) is 10.5 Å². The highest BCUT2D eigenvalue weighted by molar-refractivity contribution is 5.75. The number of carboxylic acids is 1. The number of aromatic nitrogens is 1. The number of carboxylic acid groups (broad SMARTS) is 1. The molecule has 0 aliphatic rings. The average Bonchev–Trinajstić information content (AvgIpc) is 2.50. The normalized spacial score (nSPS) is 12.1. The van der Waals surface area contributed by atoms with Gasteiger partial charge < -0.3 is 15.6 Å². The Kier molecular flexibility index (Phi) is 5.32. The minimum atomic E-state index is -0.936. The minimum Gasteiger partial charge on any atom is -0.492 e. The lowest BCUT2D eigenvalue weighted by Gasteiger charge is -2.24. The van der Waals surface area contributed by atoms with Crippen molar-refractivity contribution in [2.45, 2.75) is 6.04 Å². The number of aliphatic carboxylic acids is 1. The first kappa shape index (κ1) is 15.8. The van der Waals surface area contributed by atoms with E-state index in [-0.39, 0.29) is 0 Å². The zero-order valence-corrected chi connectivity index (χ0v) is 12.3. The molecule has 1 atom stereocenters. The number of carbonyl (C=O) groups is 1. The van der Waals surface area contributed by atoms with Crippen LogP contribution >= 0.6 is 0 Å². The number of pyridine rings is 1. The van der Waals surface area contributed by atoms with Gasteiger partial charge in [0.1, 0.15) is 24.2 Å². The van der Waals surface area contributed by atoms with Crippen LogP contribution in [0, 0.1) is 0 Å². The van der Waals surface area contributed by atoms with Crippen LogP contribution in [0.1, 0.15) is 11.6 Å². The first-order valence-corrected chi connectivity index (χ1v) is 6.90. The second-order valence-electron chi connectivity index (χ2n) is 4.90. The number of nitrogen functional groups attached to an aromatic ring is 1. The third-order valence-corrected chi connectivity index (χ3v) is 3.26. The molecule has 2 aromatic rings. The van der Waals surface area contributed by atoms with Crippen LogP contribution in [0.4, 0.5) is 5.82 Å². The molecule has 6 nitrogen and oxygen atoms in total. The fraction of sp³-hybridized carbons (Fsp3) is 0.250. The van der Waals surface area contributed by atoms with Crippen LogP contribution in [-0.2, 0) is 4.79 Å². The molecule has 22 heavy (non-hydrogen) atoms. The zero-order valence-electron chi connectivity index (χ0n) is 12.3. The van der Waals surface area contributed by atoms with Gasteiger partial charge in [0.05, 0.1) is 0 Å². The van der Waals surface area contributed by atoms with Crippen molar-refractivity contribution in [1.82, 2.24) is 9.88 Å². The number of rotatable bonds is 7. The van der Waals surface area contributed by atoms with Gasteiger partial charge in [-0.2, -0.15) is 0 Å². The van der Waals surface area contributed by atoms with Crippen LogP contribution in [0.15, 0.2) is 48.7 Å². The van der Waals surface area contributed by atoms with E-state index in [0.717, 1.165) is 5.75 Å². The molecule has 0 aliphatic heterocycles. The Labute approximate surface area is 129 Å². The maximum Gasteiger partial charge on any atom is 0.325 e. The summed E-state index contributed by atoms with van der Waals surface area (Å²) in [5.41, 5.74) is 6.12. The molecule has 6 heteroatoms. The van der Waals surface area contributed by atoms with Gasteiger partial charge in [0, 0.05) is 12.7 Å². The van der Waals surface area contributed by atoms with Crippen molar-refractivity contribution >= 4 is 11.8 Å². The van der Waals surface area contributed by atoms with E-state index in [1.54, 1.807) is 24.1 Å². The third kappa shape index (κ3) is 4.20. The number of benzene rings is 1. The van der Waals surface area contributed by atoms with Gasteiger partial charge in [-0.3, -0.25) is 9.69 Å². The fourth-order valence-electron chi connectivity index (χ4n) is 2.12. The standard InChI is InChI=1S/C16H19N3O3/c1-19(9-10-22-13-5-3-2-4-6-13)15(16(20)21)12-7-8-14(17)18-11-12/h2-8,11,15H,9-10H2,1H3,(H2,17,18)(H,20,21). The summed E-state index contributed by atoms with van der Waals surface area (Å²) in [4.78, 5) is 17.2. The topological polar surface area (TPSA) is 88.7 Å². The molecule has 1 aromatic heterocycles. The monoisotopic (exact) mass is 301 g/mol. The van der Waals surface area contributed by atoms with Crippen molar-refractivity contribution in [2.24, 2.45) is 0 Å². The zero-order chi connectivity index (χ0) is 15.9. The maximum atomic E-state index is 11.5. The molecule has 0 saturated heterocycles. The smallest absolute Gasteiger partial charge is 0.325 e. The quantitative estimate of drug-likeness (QED) is 0.810. The molecule has 0 radical (unpaired) electrons. The third-order valence-electron chi connectivity index (χ3n) is 3.26. The Morgan fingerprint density at radius 3 is 2.64 bits per heavy atom. The van der Waals surface area contributed by atoms with Gasteiger partial charge in [-0.15, -0.1) is 0 Å². The van der Waals surface area contributed by atoms with Crippen molar-refractivity contribution in [1.29, 1.82) is 0 Å². The molecule has 0 aliphatic carbocycles. The maximum absolute atomic E-state index is 11.5. The van der Waals surface area contributed by atoms with E-state index in [1.165, 1.54) is 6.20 Å². The second kappa shape index (κ2) is 7.42. The first-order chi connectivity index (χ1) is 10.6. The molecule has 116 valence electrons. The van der Waals surface area contributed by atoms with Crippen molar-refractivity contribution in [3.8, 4) is 5.75 Å². The highest BCUT2D eigenvalue weighted by Crippen LogP contribution is 2.19. The summed E-state index contributed by atoms with van der Waals surface area (Å²) in [5.74, 6) is 0.189. The van der Waals surface area contributed by atoms with E-state index >= 15 is 0 Å². The Morgan fingerprint density at radius 1 is 1.32 bits per heavy atom. The molecular formula is C16H19N3O3. The lowest BCUT2D eigenvalue weighted by atomic mass is 10.1. The van der Waals surface area contributed by atoms with Crippen LogP contribution in [-0.4, -0.2) is 41.2 Å². The number of likely N-dealkylation sites (N-methyl/N-ethyl adjacent to an activating group) is 1. The van der Waals surface area contributed by atoms with Gasteiger partial charge in [0.25, 0.3) is 0 Å². The number of nitrogens with two attached hydrogens (primary N) is 1. The SMILES string of the molecule is CN(CCOc1ccccc1)C(C(=O)O)c1ccc(N)nc1. The van der Waals surface area contributed by atoms with Crippen LogP contribution in [0.2, 0.25) is 0 Å². The summed E-state index contributed by atoms with van der Waals surface area (Å²) in [6.45, 7) is 0.864. The van der Waals surface area contributed by atoms with Crippen molar-refractivity contribution in [3.05, 3.63) is 54.2 Å².